The molecule has 22 heavy (non-hydrogen) atoms. The second-order valence-electron chi connectivity index (χ2n) is 6.85. The summed E-state index contributed by atoms with van der Waals surface area (Å²) in [6, 6.07) is 0. The lowest BCUT2D eigenvalue weighted by atomic mass is 9.78. The van der Waals surface area contributed by atoms with E-state index in [-0.39, 0.29) is 29.6 Å². The Labute approximate surface area is 130 Å². The zero-order chi connectivity index (χ0) is 15.7. The van der Waals surface area contributed by atoms with E-state index in [1.54, 1.807) is 0 Å². The Bertz CT molecular complexity index is 479. The van der Waals surface area contributed by atoms with Crippen LogP contribution in [0.1, 0.15) is 38.5 Å². The van der Waals surface area contributed by atoms with Crippen LogP contribution in [-0.4, -0.2) is 47.4 Å². The van der Waals surface area contributed by atoms with Crippen LogP contribution in [0.2, 0.25) is 0 Å². The molecule has 3 fully saturated rings. The van der Waals surface area contributed by atoms with E-state index in [1.165, 1.54) is 0 Å². The maximum Gasteiger partial charge on any atom is 0.307 e. The molecular weight excluding hydrogens is 284 g/mol. The first-order valence-electron chi connectivity index (χ1n) is 8.36. The van der Waals surface area contributed by atoms with Gasteiger partial charge < -0.3 is 15.3 Å². The fourth-order valence-corrected chi connectivity index (χ4v) is 4.56. The van der Waals surface area contributed by atoms with Crippen LogP contribution in [0.3, 0.4) is 0 Å². The second-order valence-corrected chi connectivity index (χ2v) is 6.85. The number of carboxylic acids is 1. The number of rotatable bonds is 6. The van der Waals surface area contributed by atoms with Crippen LogP contribution in [0, 0.1) is 23.7 Å². The second kappa shape index (κ2) is 6.26. The third kappa shape index (κ3) is 2.83. The maximum atomic E-state index is 12.4. The number of carbonyl (C=O) groups excluding carboxylic acids is 2. The average Bonchev–Trinajstić information content (AvgIpc) is 3.18. The summed E-state index contributed by atoms with van der Waals surface area (Å²) in [7, 11) is 0. The predicted molar refractivity (Wildman–Crippen MR) is 78.9 cm³/mol. The van der Waals surface area contributed by atoms with E-state index in [0.29, 0.717) is 19.5 Å². The Hall–Kier alpha value is -1.59. The van der Waals surface area contributed by atoms with Crippen LogP contribution in [0.15, 0.2) is 0 Å². The summed E-state index contributed by atoms with van der Waals surface area (Å²) >= 11 is 0. The molecule has 2 aliphatic carbocycles. The van der Waals surface area contributed by atoms with Gasteiger partial charge in [0.2, 0.25) is 11.8 Å². The number of hydrogen-bond acceptors (Lipinski definition) is 3. The van der Waals surface area contributed by atoms with Gasteiger partial charge in [0, 0.05) is 26.1 Å². The lowest BCUT2D eigenvalue weighted by Crippen LogP contribution is -2.42. The molecule has 4 atom stereocenters. The summed E-state index contributed by atoms with van der Waals surface area (Å²) in [4.78, 5) is 37.1. The van der Waals surface area contributed by atoms with Crippen molar-refractivity contribution in [2.24, 2.45) is 23.7 Å². The zero-order valence-corrected chi connectivity index (χ0v) is 12.8. The molecule has 2 bridgehead atoms. The minimum Gasteiger partial charge on any atom is -0.481 e. The smallest absolute Gasteiger partial charge is 0.307 e. The van der Waals surface area contributed by atoms with E-state index in [1.807, 2.05) is 4.90 Å². The van der Waals surface area contributed by atoms with Crippen molar-refractivity contribution in [1.29, 1.82) is 0 Å². The molecular formula is C16H24N2O4. The van der Waals surface area contributed by atoms with Crippen molar-refractivity contribution >= 4 is 17.8 Å². The molecule has 2 amide bonds. The summed E-state index contributed by atoms with van der Waals surface area (Å²) < 4.78 is 0. The number of nitrogens with zero attached hydrogens (tertiary/aromatic N) is 1. The Morgan fingerprint density at radius 1 is 1.23 bits per heavy atom. The van der Waals surface area contributed by atoms with Gasteiger partial charge in [-0.2, -0.15) is 0 Å². The lowest BCUT2D eigenvalue weighted by molar-refractivity contribution is -0.149. The van der Waals surface area contributed by atoms with Crippen molar-refractivity contribution in [2.75, 3.05) is 19.6 Å². The normalized spacial score (nSPS) is 33.5. The molecule has 3 rings (SSSR count). The largest absolute Gasteiger partial charge is 0.481 e. The molecule has 1 aliphatic heterocycles. The van der Waals surface area contributed by atoms with Gasteiger partial charge in [0.1, 0.15) is 0 Å². The monoisotopic (exact) mass is 308 g/mol. The van der Waals surface area contributed by atoms with Gasteiger partial charge >= 0.3 is 5.97 Å². The van der Waals surface area contributed by atoms with Crippen LogP contribution in [0.5, 0.6) is 0 Å². The highest BCUT2D eigenvalue weighted by Gasteiger charge is 2.53. The number of aliphatic carboxylic acids is 1. The first-order chi connectivity index (χ1) is 10.6. The fraction of sp³-hybridized carbons (Fsp3) is 0.812. The third-order valence-electron chi connectivity index (χ3n) is 5.58. The molecule has 0 aromatic heterocycles. The van der Waals surface area contributed by atoms with Gasteiger partial charge in [-0.1, -0.05) is 0 Å². The Morgan fingerprint density at radius 2 is 1.95 bits per heavy atom. The van der Waals surface area contributed by atoms with Crippen LogP contribution in [0.25, 0.3) is 0 Å². The zero-order valence-electron chi connectivity index (χ0n) is 12.8. The molecule has 0 aromatic rings. The number of amides is 2. The third-order valence-corrected chi connectivity index (χ3v) is 5.58. The maximum absolute atomic E-state index is 12.4. The molecule has 0 radical (unpaired) electrons. The number of carbonyl (C=O) groups is 3. The molecule has 6 nitrogen and oxygen atoms in total. The fourth-order valence-electron chi connectivity index (χ4n) is 4.56. The van der Waals surface area contributed by atoms with Gasteiger partial charge in [-0.25, -0.2) is 0 Å². The van der Waals surface area contributed by atoms with Gasteiger partial charge in [-0.05, 0) is 43.9 Å². The van der Waals surface area contributed by atoms with E-state index < -0.39 is 11.9 Å². The molecule has 122 valence electrons. The number of nitrogens with one attached hydrogen (secondary N) is 1. The summed E-state index contributed by atoms with van der Waals surface area (Å²) in [5.74, 6) is -1.16. The Balaban J connectivity index is 1.45. The highest BCUT2D eigenvalue weighted by atomic mass is 16.4. The molecule has 4 unspecified atom stereocenters. The van der Waals surface area contributed by atoms with Crippen LogP contribution in [0.4, 0.5) is 0 Å². The minimum absolute atomic E-state index is 0.104. The van der Waals surface area contributed by atoms with Crippen LogP contribution >= 0.6 is 0 Å². The molecule has 1 heterocycles. The Kier molecular flexibility index (Phi) is 4.36. The molecule has 2 saturated carbocycles. The lowest BCUT2D eigenvalue weighted by Gasteiger charge is -2.27. The van der Waals surface area contributed by atoms with Crippen LogP contribution in [-0.2, 0) is 14.4 Å². The quantitative estimate of drug-likeness (QED) is 0.713. The van der Waals surface area contributed by atoms with Crippen molar-refractivity contribution in [3.05, 3.63) is 0 Å². The summed E-state index contributed by atoms with van der Waals surface area (Å²) in [5.41, 5.74) is 0. The van der Waals surface area contributed by atoms with Crippen molar-refractivity contribution < 1.29 is 19.5 Å². The van der Waals surface area contributed by atoms with Gasteiger partial charge in [0.25, 0.3) is 0 Å². The summed E-state index contributed by atoms with van der Waals surface area (Å²) in [6.07, 6.45) is 5.11. The van der Waals surface area contributed by atoms with E-state index in [2.05, 4.69) is 5.32 Å². The molecule has 3 aliphatic rings. The van der Waals surface area contributed by atoms with Gasteiger partial charge in [0.15, 0.2) is 0 Å². The van der Waals surface area contributed by atoms with E-state index in [4.69, 9.17) is 0 Å². The predicted octanol–water partition coefficient (Wildman–Crippen LogP) is 0.862. The molecule has 0 spiro atoms. The van der Waals surface area contributed by atoms with Crippen molar-refractivity contribution in [3.8, 4) is 0 Å². The van der Waals surface area contributed by atoms with Crippen molar-refractivity contribution in [2.45, 2.75) is 38.5 Å². The number of hydrogen-bond donors (Lipinski definition) is 2. The topological polar surface area (TPSA) is 86.7 Å². The van der Waals surface area contributed by atoms with Gasteiger partial charge in [-0.3, -0.25) is 14.4 Å². The highest BCUT2D eigenvalue weighted by molar-refractivity contribution is 5.86. The molecule has 6 heteroatoms. The number of fused-ring (bicyclic) bond motifs is 2. The first-order valence-corrected chi connectivity index (χ1v) is 8.36. The standard InChI is InChI=1S/C16H24N2O4/c19-12-3-1-7-18(12)8-2-6-17-15(20)13-10-4-5-11(9-10)14(13)16(21)22/h10-11,13-14H,1-9H2,(H,17,20)(H,21,22). The van der Waals surface area contributed by atoms with E-state index in [9.17, 15) is 19.5 Å². The molecule has 1 saturated heterocycles. The summed E-state index contributed by atoms with van der Waals surface area (Å²) in [5, 5.41) is 12.3. The van der Waals surface area contributed by atoms with Crippen LogP contribution < -0.4 is 5.32 Å². The number of carboxylic acid groups (broad SMARTS) is 1. The van der Waals surface area contributed by atoms with Crippen molar-refractivity contribution in [1.82, 2.24) is 10.2 Å². The molecule has 2 N–H and O–H groups in total. The van der Waals surface area contributed by atoms with Crippen molar-refractivity contribution in [3.63, 3.8) is 0 Å². The first kappa shape index (κ1) is 15.3. The SMILES string of the molecule is O=C(O)C1C2CCC(C2)C1C(=O)NCCCN1CCCC1=O. The minimum atomic E-state index is -0.824. The number of likely N-dealkylation sites (tertiary alicyclic amines) is 1. The van der Waals surface area contributed by atoms with Gasteiger partial charge in [0.05, 0.1) is 11.8 Å². The highest BCUT2D eigenvalue weighted by Crippen LogP contribution is 2.52. The van der Waals surface area contributed by atoms with Gasteiger partial charge in [-0.15, -0.1) is 0 Å². The van der Waals surface area contributed by atoms with E-state index in [0.717, 1.165) is 38.6 Å². The molecule has 0 aromatic carbocycles. The van der Waals surface area contributed by atoms with E-state index >= 15 is 0 Å². The average molecular weight is 308 g/mol. The summed E-state index contributed by atoms with van der Waals surface area (Å²) in [6.45, 7) is 2.02. The Morgan fingerprint density at radius 3 is 2.59 bits per heavy atom.